The zero-order chi connectivity index (χ0) is 15.9. The average molecular weight is 410 g/mol. The van der Waals surface area contributed by atoms with E-state index in [1.54, 1.807) is 24.3 Å². The molecule has 0 aliphatic rings. The highest BCUT2D eigenvalue weighted by molar-refractivity contribution is 14.1. The second kappa shape index (κ2) is 7.79. The third-order valence-corrected chi connectivity index (χ3v) is 3.48. The number of ether oxygens (including phenoxy) is 1. The van der Waals surface area contributed by atoms with E-state index < -0.39 is 6.09 Å². The highest BCUT2D eigenvalue weighted by Gasteiger charge is 2.08. The number of carbonyl (C=O) groups excluding carboxylic acids is 2. The highest BCUT2D eigenvalue weighted by atomic mass is 127. The van der Waals surface area contributed by atoms with Crippen LogP contribution in [0.15, 0.2) is 48.5 Å². The lowest BCUT2D eigenvalue weighted by atomic mass is 10.2. The van der Waals surface area contributed by atoms with E-state index >= 15 is 0 Å². The first kappa shape index (κ1) is 16.3. The Bertz CT molecular complexity index is 674. The highest BCUT2D eigenvalue weighted by Crippen LogP contribution is 2.17. The molecule has 0 radical (unpaired) electrons. The summed E-state index contributed by atoms with van der Waals surface area (Å²) in [4.78, 5) is 23.4. The molecule has 6 heteroatoms. The van der Waals surface area contributed by atoms with Crippen molar-refractivity contribution in [3.63, 3.8) is 0 Å². The van der Waals surface area contributed by atoms with Gasteiger partial charge in [0.25, 0.3) is 0 Å². The van der Waals surface area contributed by atoms with Gasteiger partial charge in [-0.2, -0.15) is 0 Å². The summed E-state index contributed by atoms with van der Waals surface area (Å²) in [5.41, 5.74) is 1.69. The minimum absolute atomic E-state index is 0.156. The molecule has 0 saturated carbocycles. The molecule has 0 aliphatic heterocycles. The van der Waals surface area contributed by atoms with Crippen molar-refractivity contribution < 1.29 is 14.3 Å². The molecule has 2 aromatic carbocycles. The Labute approximate surface area is 142 Å². The van der Waals surface area contributed by atoms with Crippen LogP contribution in [0.2, 0.25) is 0 Å². The summed E-state index contributed by atoms with van der Waals surface area (Å²) in [7, 11) is 0. The van der Waals surface area contributed by atoms with E-state index in [-0.39, 0.29) is 12.5 Å². The minimum atomic E-state index is -0.666. The number of aryl methyl sites for hydroxylation is 1. The Morgan fingerprint density at radius 2 is 1.86 bits per heavy atom. The van der Waals surface area contributed by atoms with Gasteiger partial charge in [-0.25, -0.2) is 4.79 Å². The maximum atomic E-state index is 11.8. The molecule has 2 N–H and O–H groups in total. The van der Waals surface area contributed by atoms with Gasteiger partial charge in [-0.05, 0) is 65.4 Å². The summed E-state index contributed by atoms with van der Waals surface area (Å²) in [6.07, 6.45) is -0.666. The maximum Gasteiger partial charge on any atom is 0.413 e. The molecule has 0 unspecified atom stereocenters. The van der Waals surface area contributed by atoms with Gasteiger partial charge in [0.1, 0.15) is 12.3 Å². The Morgan fingerprint density at radius 3 is 2.55 bits per heavy atom. The molecule has 0 atom stereocenters. The summed E-state index contributed by atoms with van der Waals surface area (Å²) >= 11 is 2.21. The van der Waals surface area contributed by atoms with Crippen molar-refractivity contribution in [3.05, 3.63) is 57.7 Å². The molecule has 0 aliphatic carbocycles. The molecule has 2 rings (SSSR count). The van der Waals surface area contributed by atoms with Crippen LogP contribution in [0.4, 0.5) is 10.5 Å². The van der Waals surface area contributed by atoms with E-state index in [1.165, 1.54) is 0 Å². The number of benzene rings is 2. The average Bonchev–Trinajstić information content (AvgIpc) is 2.49. The van der Waals surface area contributed by atoms with E-state index in [4.69, 9.17) is 4.74 Å². The van der Waals surface area contributed by atoms with E-state index in [2.05, 4.69) is 33.2 Å². The number of anilines is 1. The first-order chi connectivity index (χ1) is 10.5. The third-order valence-electron chi connectivity index (χ3n) is 2.81. The number of hydrogen-bond acceptors (Lipinski definition) is 3. The van der Waals surface area contributed by atoms with Gasteiger partial charge < -0.3 is 15.4 Å². The molecule has 0 fully saturated rings. The smallest absolute Gasteiger partial charge is 0.410 e. The molecule has 2 aromatic rings. The molecule has 0 saturated heterocycles. The maximum absolute atomic E-state index is 11.8. The van der Waals surface area contributed by atoms with Crippen LogP contribution >= 0.6 is 22.6 Å². The largest absolute Gasteiger partial charge is 0.413 e. The molecule has 0 heterocycles. The van der Waals surface area contributed by atoms with Crippen molar-refractivity contribution in [2.24, 2.45) is 0 Å². The van der Waals surface area contributed by atoms with Crippen molar-refractivity contribution in [1.29, 1.82) is 0 Å². The third kappa shape index (κ3) is 5.03. The number of hydrogen-bond donors (Lipinski definition) is 2. The molecule has 2 amide bonds. The first-order valence-corrected chi connectivity index (χ1v) is 7.69. The Hall–Kier alpha value is -2.09. The van der Waals surface area contributed by atoms with E-state index in [1.807, 2.05) is 31.2 Å². The van der Waals surface area contributed by atoms with Crippen LogP contribution in [-0.4, -0.2) is 18.5 Å². The molecule has 0 bridgehead atoms. The van der Waals surface area contributed by atoms with E-state index in [0.717, 1.165) is 14.8 Å². The summed E-state index contributed by atoms with van der Waals surface area (Å²) < 4.78 is 6.12. The summed E-state index contributed by atoms with van der Waals surface area (Å²) in [5.74, 6) is 0.114. The van der Waals surface area contributed by atoms with Crippen LogP contribution < -0.4 is 15.4 Å². The standard InChI is InChI=1S/C16H15IN2O3/c1-11-9-12(17)7-8-14(11)19-15(20)10-18-16(21)22-13-5-3-2-4-6-13/h2-9H,10H2,1H3,(H,18,21)(H,19,20). The van der Waals surface area contributed by atoms with Crippen molar-refractivity contribution in [2.45, 2.75) is 6.92 Å². The number of halogens is 1. The lowest BCUT2D eigenvalue weighted by Gasteiger charge is -2.10. The fraction of sp³-hybridized carbons (Fsp3) is 0.125. The Balaban J connectivity index is 1.81. The van der Waals surface area contributed by atoms with Crippen LogP contribution in [-0.2, 0) is 4.79 Å². The second-order valence-corrected chi connectivity index (χ2v) is 5.81. The minimum Gasteiger partial charge on any atom is -0.410 e. The molecular weight excluding hydrogens is 395 g/mol. The second-order valence-electron chi connectivity index (χ2n) is 4.56. The van der Waals surface area contributed by atoms with Gasteiger partial charge in [0.05, 0.1) is 0 Å². The SMILES string of the molecule is Cc1cc(I)ccc1NC(=O)CNC(=O)Oc1ccccc1. The number of rotatable bonds is 4. The molecule has 5 nitrogen and oxygen atoms in total. The molecule has 114 valence electrons. The van der Waals surface area contributed by atoms with Crippen LogP contribution in [0.3, 0.4) is 0 Å². The van der Waals surface area contributed by atoms with E-state index in [0.29, 0.717) is 5.75 Å². The van der Waals surface area contributed by atoms with Crippen molar-refractivity contribution >= 4 is 40.3 Å². The molecule has 22 heavy (non-hydrogen) atoms. The molecule has 0 aromatic heterocycles. The monoisotopic (exact) mass is 410 g/mol. The summed E-state index contributed by atoms with van der Waals surface area (Å²) in [6.45, 7) is 1.76. The van der Waals surface area contributed by atoms with Crippen LogP contribution in [0, 0.1) is 10.5 Å². The van der Waals surface area contributed by atoms with Gasteiger partial charge in [-0.3, -0.25) is 4.79 Å². The van der Waals surface area contributed by atoms with Crippen LogP contribution in [0.1, 0.15) is 5.56 Å². The molecule has 0 spiro atoms. The Morgan fingerprint density at radius 1 is 1.14 bits per heavy atom. The number of amides is 2. The summed E-state index contributed by atoms with van der Waals surface area (Å²) in [6, 6.07) is 14.4. The van der Waals surface area contributed by atoms with Crippen LogP contribution in [0.25, 0.3) is 0 Å². The van der Waals surface area contributed by atoms with Crippen molar-refractivity contribution in [1.82, 2.24) is 5.32 Å². The van der Waals surface area contributed by atoms with Crippen molar-refractivity contribution in [3.8, 4) is 5.75 Å². The summed E-state index contributed by atoms with van der Waals surface area (Å²) in [5, 5.41) is 5.15. The predicted molar refractivity (Wildman–Crippen MR) is 93.0 cm³/mol. The normalized spacial score (nSPS) is 9.91. The lowest BCUT2D eigenvalue weighted by molar-refractivity contribution is -0.115. The fourth-order valence-electron chi connectivity index (χ4n) is 1.75. The van der Waals surface area contributed by atoms with Crippen molar-refractivity contribution in [2.75, 3.05) is 11.9 Å². The zero-order valence-electron chi connectivity index (χ0n) is 11.9. The number of para-hydroxylation sites is 1. The number of nitrogens with one attached hydrogen (secondary N) is 2. The van der Waals surface area contributed by atoms with Gasteiger partial charge in [0.2, 0.25) is 5.91 Å². The van der Waals surface area contributed by atoms with Gasteiger partial charge in [0.15, 0.2) is 0 Å². The lowest BCUT2D eigenvalue weighted by Crippen LogP contribution is -2.34. The number of carbonyl (C=O) groups is 2. The van der Waals surface area contributed by atoms with Gasteiger partial charge >= 0.3 is 6.09 Å². The zero-order valence-corrected chi connectivity index (χ0v) is 14.1. The Kier molecular flexibility index (Phi) is 5.76. The fourth-order valence-corrected chi connectivity index (χ4v) is 2.39. The first-order valence-electron chi connectivity index (χ1n) is 6.61. The predicted octanol–water partition coefficient (Wildman–Crippen LogP) is 3.33. The van der Waals surface area contributed by atoms with Crippen LogP contribution in [0.5, 0.6) is 5.75 Å². The van der Waals surface area contributed by atoms with Gasteiger partial charge in [-0.1, -0.05) is 18.2 Å². The van der Waals surface area contributed by atoms with E-state index in [9.17, 15) is 9.59 Å². The van der Waals surface area contributed by atoms with Gasteiger partial charge in [-0.15, -0.1) is 0 Å². The molecular formula is C16H15IN2O3. The quantitative estimate of drug-likeness (QED) is 0.761. The topological polar surface area (TPSA) is 67.4 Å². The van der Waals surface area contributed by atoms with Gasteiger partial charge in [0, 0.05) is 9.26 Å².